The lowest BCUT2D eigenvalue weighted by atomic mass is 10.0. The van der Waals surface area contributed by atoms with E-state index in [1.54, 1.807) is 24.3 Å². The highest BCUT2D eigenvalue weighted by Crippen LogP contribution is 2.29. The zero-order valence-electron chi connectivity index (χ0n) is 16.3. The molecule has 7 heteroatoms. The molecule has 0 radical (unpaired) electrons. The van der Waals surface area contributed by atoms with Crippen LogP contribution in [0.2, 0.25) is 0 Å². The number of carbonyl (C=O) groups is 1. The topological polar surface area (TPSA) is 57.8 Å². The van der Waals surface area contributed by atoms with Crippen LogP contribution >= 0.6 is 15.9 Å². The maximum Gasteiger partial charge on any atom is 0.252 e. The number of nitrogens with one attached hydrogen (secondary N) is 2. The predicted molar refractivity (Wildman–Crippen MR) is 120 cm³/mol. The second kappa shape index (κ2) is 9.22. The molecule has 0 unspecified atom stereocenters. The van der Waals surface area contributed by atoms with Gasteiger partial charge in [0.05, 0.1) is 22.5 Å². The number of benzene rings is 3. The van der Waals surface area contributed by atoms with Crippen LogP contribution in [0.5, 0.6) is 0 Å². The van der Waals surface area contributed by atoms with Gasteiger partial charge in [-0.25, -0.2) is 8.78 Å². The van der Waals surface area contributed by atoms with E-state index in [2.05, 4.69) is 31.4 Å². The SMILES string of the molecule is O=C(NCCc1cccc(Br)c1)c1cccc(F)c1-c1cc(-c2ccc(F)cc2)[nH]n1. The smallest absolute Gasteiger partial charge is 0.252 e. The van der Waals surface area contributed by atoms with Gasteiger partial charge >= 0.3 is 0 Å². The lowest BCUT2D eigenvalue weighted by Gasteiger charge is -2.10. The molecule has 0 saturated carbocycles. The van der Waals surface area contributed by atoms with Gasteiger partial charge in [0.15, 0.2) is 0 Å². The quantitative estimate of drug-likeness (QED) is 0.368. The molecule has 31 heavy (non-hydrogen) atoms. The lowest BCUT2D eigenvalue weighted by Crippen LogP contribution is -2.26. The number of amides is 1. The van der Waals surface area contributed by atoms with Gasteiger partial charge < -0.3 is 5.32 Å². The molecular weight excluding hydrogens is 464 g/mol. The fourth-order valence-electron chi connectivity index (χ4n) is 3.31. The molecule has 1 aromatic heterocycles. The van der Waals surface area contributed by atoms with E-state index in [0.717, 1.165) is 10.0 Å². The summed E-state index contributed by atoms with van der Waals surface area (Å²) in [7, 11) is 0. The Morgan fingerprint density at radius 1 is 1.00 bits per heavy atom. The Morgan fingerprint density at radius 2 is 1.77 bits per heavy atom. The van der Waals surface area contributed by atoms with Crippen molar-refractivity contribution in [2.45, 2.75) is 6.42 Å². The van der Waals surface area contributed by atoms with E-state index < -0.39 is 5.82 Å². The molecule has 3 aromatic carbocycles. The van der Waals surface area contributed by atoms with Gasteiger partial charge in [0, 0.05) is 11.0 Å². The first-order valence-electron chi connectivity index (χ1n) is 9.64. The minimum Gasteiger partial charge on any atom is -0.352 e. The second-order valence-corrected chi connectivity index (χ2v) is 7.89. The lowest BCUT2D eigenvalue weighted by molar-refractivity contribution is 0.0954. The van der Waals surface area contributed by atoms with Crippen LogP contribution in [0.1, 0.15) is 15.9 Å². The number of aromatic amines is 1. The van der Waals surface area contributed by atoms with Crippen LogP contribution in [0, 0.1) is 11.6 Å². The Bertz CT molecular complexity index is 1220. The average molecular weight is 482 g/mol. The van der Waals surface area contributed by atoms with Gasteiger partial charge in [0.1, 0.15) is 11.6 Å². The normalized spacial score (nSPS) is 10.8. The first-order valence-corrected chi connectivity index (χ1v) is 10.4. The Morgan fingerprint density at radius 3 is 2.55 bits per heavy atom. The third-order valence-electron chi connectivity index (χ3n) is 4.84. The summed E-state index contributed by atoms with van der Waals surface area (Å²) in [5, 5.41) is 9.86. The van der Waals surface area contributed by atoms with E-state index in [0.29, 0.717) is 29.9 Å². The number of hydrogen-bond acceptors (Lipinski definition) is 2. The maximum atomic E-state index is 14.7. The van der Waals surface area contributed by atoms with Gasteiger partial charge in [-0.1, -0.05) is 34.1 Å². The van der Waals surface area contributed by atoms with Crippen molar-refractivity contribution in [3.63, 3.8) is 0 Å². The average Bonchev–Trinajstić information content (AvgIpc) is 3.24. The molecule has 0 bridgehead atoms. The van der Waals surface area contributed by atoms with E-state index in [-0.39, 0.29) is 22.9 Å². The monoisotopic (exact) mass is 481 g/mol. The Labute approximate surface area is 186 Å². The van der Waals surface area contributed by atoms with Crippen LogP contribution < -0.4 is 5.32 Å². The summed E-state index contributed by atoms with van der Waals surface area (Å²) in [6, 6.07) is 19.7. The number of halogens is 3. The summed E-state index contributed by atoms with van der Waals surface area (Å²) in [6.07, 6.45) is 0.646. The number of rotatable bonds is 6. The summed E-state index contributed by atoms with van der Waals surface area (Å²) in [4.78, 5) is 12.8. The number of H-pyrrole nitrogens is 1. The van der Waals surface area contributed by atoms with Crippen LogP contribution in [0.15, 0.2) is 77.3 Å². The largest absolute Gasteiger partial charge is 0.352 e. The van der Waals surface area contributed by atoms with Crippen molar-refractivity contribution in [3.05, 3.63) is 100 Å². The zero-order chi connectivity index (χ0) is 21.8. The number of aromatic nitrogens is 2. The highest BCUT2D eigenvalue weighted by atomic mass is 79.9. The van der Waals surface area contributed by atoms with Gasteiger partial charge in [-0.2, -0.15) is 5.10 Å². The van der Waals surface area contributed by atoms with Crippen LogP contribution in [0.3, 0.4) is 0 Å². The number of nitrogens with zero attached hydrogens (tertiary/aromatic N) is 1. The van der Waals surface area contributed by atoms with Crippen molar-refractivity contribution in [2.75, 3.05) is 6.54 Å². The number of carbonyl (C=O) groups excluding carboxylic acids is 1. The summed E-state index contributed by atoms with van der Waals surface area (Å²) in [5.41, 5.74) is 2.99. The third-order valence-corrected chi connectivity index (χ3v) is 5.33. The molecule has 156 valence electrons. The fraction of sp³-hybridized carbons (Fsp3) is 0.0833. The molecule has 1 amide bonds. The minimum absolute atomic E-state index is 0.118. The van der Waals surface area contributed by atoms with Crippen LogP contribution in [-0.4, -0.2) is 22.6 Å². The third kappa shape index (κ3) is 4.88. The molecule has 0 fully saturated rings. The Balaban J connectivity index is 1.54. The molecule has 0 aliphatic carbocycles. The van der Waals surface area contributed by atoms with E-state index in [9.17, 15) is 13.6 Å². The highest BCUT2D eigenvalue weighted by molar-refractivity contribution is 9.10. The van der Waals surface area contributed by atoms with Crippen molar-refractivity contribution in [2.24, 2.45) is 0 Å². The molecule has 0 aliphatic rings. The minimum atomic E-state index is -0.545. The summed E-state index contributed by atoms with van der Waals surface area (Å²) in [5.74, 6) is -1.27. The van der Waals surface area contributed by atoms with Crippen molar-refractivity contribution in [3.8, 4) is 22.5 Å². The number of hydrogen-bond donors (Lipinski definition) is 2. The van der Waals surface area contributed by atoms with E-state index in [4.69, 9.17) is 0 Å². The van der Waals surface area contributed by atoms with E-state index >= 15 is 0 Å². The van der Waals surface area contributed by atoms with Crippen molar-refractivity contribution >= 4 is 21.8 Å². The molecule has 4 rings (SSSR count). The Hall–Kier alpha value is -3.32. The Kier molecular flexibility index (Phi) is 6.23. The molecule has 2 N–H and O–H groups in total. The summed E-state index contributed by atoms with van der Waals surface area (Å²) in [6.45, 7) is 0.409. The molecular formula is C24H18BrF2N3O. The van der Waals surface area contributed by atoms with Gasteiger partial charge in [-0.05, 0) is 72.1 Å². The first-order chi connectivity index (χ1) is 15.0. The van der Waals surface area contributed by atoms with E-state index in [1.165, 1.54) is 24.3 Å². The summed E-state index contributed by atoms with van der Waals surface area (Å²) >= 11 is 3.43. The molecule has 1 heterocycles. The van der Waals surface area contributed by atoms with Gasteiger partial charge in [0.25, 0.3) is 5.91 Å². The van der Waals surface area contributed by atoms with Crippen molar-refractivity contribution in [1.29, 1.82) is 0 Å². The van der Waals surface area contributed by atoms with Crippen LogP contribution in [0.4, 0.5) is 8.78 Å². The van der Waals surface area contributed by atoms with Gasteiger partial charge in [-0.15, -0.1) is 0 Å². The maximum absolute atomic E-state index is 14.7. The van der Waals surface area contributed by atoms with Crippen LogP contribution in [-0.2, 0) is 6.42 Å². The molecule has 4 aromatic rings. The summed E-state index contributed by atoms with van der Waals surface area (Å²) < 4.78 is 28.9. The second-order valence-electron chi connectivity index (χ2n) is 6.97. The molecule has 4 nitrogen and oxygen atoms in total. The highest BCUT2D eigenvalue weighted by Gasteiger charge is 2.19. The zero-order valence-corrected chi connectivity index (χ0v) is 17.9. The predicted octanol–water partition coefficient (Wildman–Crippen LogP) is 5.76. The van der Waals surface area contributed by atoms with Gasteiger partial charge in [-0.3, -0.25) is 9.89 Å². The molecule has 0 spiro atoms. The van der Waals surface area contributed by atoms with Gasteiger partial charge in [0.2, 0.25) is 0 Å². The van der Waals surface area contributed by atoms with E-state index in [1.807, 2.05) is 24.3 Å². The van der Waals surface area contributed by atoms with Crippen molar-refractivity contribution < 1.29 is 13.6 Å². The molecule has 0 saturated heterocycles. The molecule has 0 atom stereocenters. The molecule has 0 aliphatic heterocycles. The van der Waals surface area contributed by atoms with Crippen molar-refractivity contribution in [1.82, 2.24) is 15.5 Å². The standard InChI is InChI=1S/C24H18BrF2N3O/c25-17-4-1-3-15(13-17)11-12-28-24(31)19-5-2-6-20(27)23(19)22-14-21(29-30-22)16-7-9-18(26)10-8-16/h1-10,13-14H,11-12H2,(H,28,31)(H,29,30). The van der Waals surface area contributed by atoms with Crippen LogP contribution in [0.25, 0.3) is 22.5 Å². The fourth-order valence-corrected chi connectivity index (χ4v) is 3.76. The first kappa shape index (κ1) is 20.9.